The highest BCUT2D eigenvalue weighted by Gasteiger charge is 2.37. The van der Waals surface area contributed by atoms with Gasteiger partial charge in [0.15, 0.2) is 0 Å². The van der Waals surface area contributed by atoms with Crippen LogP contribution in [0.15, 0.2) is 0 Å². The van der Waals surface area contributed by atoms with Gasteiger partial charge in [0.05, 0.1) is 17.4 Å². The molecular weight excluding hydrogens is 352 g/mol. The predicted octanol–water partition coefficient (Wildman–Crippen LogP) is 3.19. The molecule has 1 fully saturated rings. The number of carboxylic acid groups (broad SMARTS) is 1. The largest absolute Gasteiger partial charge is 0.481 e. The van der Waals surface area contributed by atoms with E-state index >= 15 is 0 Å². The number of hydrogen-bond donors (Lipinski definition) is 3. The smallest absolute Gasteiger partial charge is 0.307 e. The van der Waals surface area contributed by atoms with Crippen molar-refractivity contribution in [2.24, 2.45) is 23.5 Å². The number of carbonyl (C=O) groups is 3. The molecule has 6 nitrogen and oxygen atoms in total. The van der Waals surface area contributed by atoms with Gasteiger partial charge in [-0.2, -0.15) is 0 Å². The zero-order valence-electron chi connectivity index (χ0n) is 15.0. The maximum absolute atomic E-state index is 12.8. The van der Waals surface area contributed by atoms with E-state index in [2.05, 4.69) is 12.2 Å². The summed E-state index contributed by atoms with van der Waals surface area (Å²) in [7, 11) is 0. The SMILES string of the molecule is CC[C@H]1CCc2c(sc(NC(=O)[C@H]3CCCC[C@@H]3C(=O)O)c2C(N)=O)C1. The van der Waals surface area contributed by atoms with E-state index < -0.39 is 23.7 Å². The van der Waals surface area contributed by atoms with E-state index in [9.17, 15) is 19.5 Å². The first kappa shape index (κ1) is 18.9. The number of carboxylic acids is 1. The van der Waals surface area contributed by atoms with Crippen molar-refractivity contribution in [2.45, 2.75) is 58.3 Å². The normalized spacial score (nSPS) is 25.3. The molecule has 0 bridgehead atoms. The minimum atomic E-state index is -0.920. The van der Waals surface area contributed by atoms with E-state index in [1.807, 2.05) is 0 Å². The van der Waals surface area contributed by atoms with Gasteiger partial charge in [-0.1, -0.05) is 26.2 Å². The maximum Gasteiger partial charge on any atom is 0.307 e. The van der Waals surface area contributed by atoms with Gasteiger partial charge in [0.2, 0.25) is 5.91 Å². The number of aliphatic carboxylic acids is 1. The monoisotopic (exact) mass is 378 g/mol. The van der Waals surface area contributed by atoms with Crippen LogP contribution in [-0.2, 0) is 22.4 Å². The first-order valence-corrected chi connectivity index (χ1v) is 10.2. The van der Waals surface area contributed by atoms with Gasteiger partial charge in [-0.15, -0.1) is 11.3 Å². The van der Waals surface area contributed by atoms with E-state index in [1.54, 1.807) is 0 Å². The van der Waals surface area contributed by atoms with Crippen LogP contribution in [0.3, 0.4) is 0 Å². The van der Waals surface area contributed by atoms with E-state index in [-0.39, 0.29) is 5.91 Å². The summed E-state index contributed by atoms with van der Waals surface area (Å²) in [5.74, 6) is -2.35. The lowest BCUT2D eigenvalue weighted by Gasteiger charge is -2.27. The van der Waals surface area contributed by atoms with Crippen LogP contribution in [-0.4, -0.2) is 22.9 Å². The molecule has 0 unspecified atom stereocenters. The summed E-state index contributed by atoms with van der Waals surface area (Å²) in [6.45, 7) is 2.16. The highest BCUT2D eigenvalue weighted by atomic mass is 32.1. The molecule has 0 radical (unpaired) electrons. The van der Waals surface area contributed by atoms with Gasteiger partial charge in [-0.25, -0.2) is 0 Å². The Balaban J connectivity index is 1.85. The predicted molar refractivity (Wildman–Crippen MR) is 100 cm³/mol. The standard InChI is InChI=1S/C19H26N2O4S/c1-2-10-7-8-13-14(9-10)26-18(15(13)16(20)22)21-17(23)11-5-3-4-6-12(11)19(24)25/h10-12H,2-9H2,1H3,(H2,20,22)(H,21,23)(H,24,25)/t10-,11-,12-/m0/s1. The Labute approximate surface area is 157 Å². The summed E-state index contributed by atoms with van der Waals surface area (Å²) < 4.78 is 0. The molecule has 7 heteroatoms. The van der Waals surface area contributed by atoms with Crippen LogP contribution in [0, 0.1) is 17.8 Å². The lowest BCUT2D eigenvalue weighted by Crippen LogP contribution is -2.36. The summed E-state index contributed by atoms with van der Waals surface area (Å²) in [5.41, 5.74) is 7.00. The first-order chi connectivity index (χ1) is 12.4. The molecule has 26 heavy (non-hydrogen) atoms. The summed E-state index contributed by atoms with van der Waals surface area (Å²) in [6.07, 6.45) is 6.61. The second-order valence-electron chi connectivity index (χ2n) is 7.41. The van der Waals surface area contributed by atoms with Crippen molar-refractivity contribution in [3.8, 4) is 0 Å². The molecule has 2 aliphatic carbocycles. The minimum Gasteiger partial charge on any atom is -0.481 e. The lowest BCUT2D eigenvalue weighted by atomic mass is 9.78. The Bertz CT molecular complexity index is 727. The summed E-state index contributed by atoms with van der Waals surface area (Å²) in [6, 6.07) is 0. The molecule has 1 aromatic rings. The average molecular weight is 378 g/mol. The maximum atomic E-state index is 12.8. The number of anilines is 1. The Hall–Kier alpha value is -1.89. The van der Waals surface area contributed by atoms with Crippen LogP contribution < -0.4 is 11.1 Å². The van der Waals surface area contributed by atoms with Crippen molar-refractivity contribution in [3.05, 3.63) is 16.0 Å². The fourth-order valence-electron chi connectivity index (χ4n) is 4.30. The number of rotatable bonds is 5. The van der Waals surface area contributed by atoms with Gasteiger partial charge in [0.1, 0.15) is 5.00 Å². The fourth-order valence-corrected chi connectivity index (χ4v) is 5.67. The highest BCUT2D eigenvalue weighted by Crippen LogP contribution is 2.41. The zero-order chi connectivity index (χ0) is 18.8. The number of hydrogen-bond acceptors (Lipinski definition) is 4. The molecule has 1 aromatic heterocycles. The van der Waals surface area contributed by atoms with E-state index in [0.717, 1.165) is 49.0 Å². The molecule has 3 atom stereocenters. The molecule has 2 aliphatic rings. The minimum absolute atomic E-state index is 0.301. The second kappa shape index (κ2) is 7.78. The molecule has 0 aromatic carbocycles. The Kier molecular flexibility index (Phi) is 5.65. The molecule has 0 spiro atoms. The van der Waals surface area contributed by atoms with Gasteiger partial charge in [-0.05, 0) is 43.6 Å². The molecule has 0 saturated heterocycles. The van der Waals surface area contributed by atoms with Crippen LogP contribution in [0.5, 0.6) is 0 Å². The third-order valence-corrected chi connectivity index (χ3v) is 7.02. The van der Waals surface area contributed by atoms with Crippen LogP contribution in [0.25, 0.3) is 0 Å². The first-order valence-electron chi connectivity index (χ1n) is 9.40. The number of nitrogens with two attached hydrogens (primary N) is 1. The quantitative estimate of drug-likeness (QED) is 0.731. The van der Waals surface area contributed by atoms with E-state index in [1.165, 1.54) is 11.3 Å². The van der Waals surface area contributed by atoms with Crippen molar-refractivity contribution in [3.63, 3.8) is 0 Å². The number of fused-ring (bicyclic) bond motifs is 1. The third-order valence-electron chi connectivity index (χ3n) is 5.85. The summed E-state index contributed by atoms with van der Waals surface area (Å²) in [5, 5.41) is 12.8. The van der Waals surface area contributed by atoms with Crippen LogP contribution in [0.4, 0.5) is 5.00 Å². The number of nitrogens with one attached hydrogen (secondary N) is 1. The average Bonchev–Trinajstić information content (AvgIpc) is 2.98. The Morgan fingerprint density at radius 3 is 2.50 bits per heavy atom. The molecule has 0 aliphatic heterocycles. The molecule has 142 valence electrons. The summed E-state index contributed by atoms with van der Waals surface area (Å²) in [4.78, 5) is 37.4. The summed E-state index contributed by atoms with van der Waals surface area (Å²) >= 11 is 1.43. The second-order valence-corrected chi connectivity index (χ2v) is 8.52. The number of thiophene rings is 1. The van der Waals surface area contributed by atoms with Crippen LogP contribution in [0.2, 0.25) is 0 Å². The lowest BCUT2D eigenvalue weighted by molar-refractivity contribution is -0.147. The van der Waals surface area contributed by atoms with Gasteiger partial charge >= 0.3 is 5.97 Å². The Morgan fingerprint density at radius 2 is 1.88 bits per heavy atom. The van der Waals surface area contributed by atoms with Gasteiger partial charge in [-0.3, -0.25) is 14.4 Å². The fraction of sp³-hybridized carbons (Fsp3) is 0.632. The van der Waals surface area contributed by atoms with Gasteiger partial charge in [0, 0.05) is 4.88 Å². The third kappa shape index (κ3) is 3.63. The van der Waals surface area contributed by atoms with Crippen molar-refractivity contribution in [1.82, 2.24) is 0 Å². The van der Waals surface area contributed by atoms with E-state index in [0.29, 0.717) is 29.3 Å². The van der Waals surface area contributed by atoms with Gasteiger partial charge in [0.25, 0.3) is 5.91 Å². The molecule has 4 N–H and O–H groups in total. The number of primary amides is 1. The topological polar surface area (TPSA) is 109 Å². The Morgan fingerprint density at radius 1 is 1.19 bits per heavy atom. The van der Waals surface area contributed by atoms with Crippen LogP contribution >= 0.6 is 11.3 Å². The van der Waals surface area contributed by atoms with E-state index in [4.69, 9.17) is 5.73 Å². The van der Waals surface area contributed by atoms with Gasteiger partial charge < -0.3 is 16.2 Å². The molecule has 3 rings (SSSR count). The van der Waals surface area contributed by atoms with Crippen molar-refractivity contribution < 1.29 is 19.5 Å². The molecular formula is C19H26N2O4S. The van der Waals surface area contributed by atoms with Crippen molar-refractivity contribution in [1.29, 1.82) is 0 Å². The molecule has 2 amide bonds. The highest BCUT2D eigenvalue weighted by molar-refractivity contribution is 7.17. The zero-order valence-corrected chi connectivity index (χ0v) is 15.9. The number of amides is 2. The van der Waals surface area contributed by atoms with Crippen molar-refractivity contribution in [2.75, 3.05) is 5.32 Å². The molecule has 1 saturated carbocycles. The van der Waals surface area contributed by atoms with Crippen molar-refractivity contribution >= 4 is 34.1 Å². The molecule has 1 heterocycles. The van der Waals surface area contributed by atoms with Crippen LogP contribution in [0.1, 0.15) is 66.2 Å². The number of carbonyl (C=O) groups excluding carboxylic acids is 2.